The van der Waals surface area contributed by atoms with Crippen LogP contribution in [-0.4, -0.2) is 0 Å². The lowest BCUT2D eigenvalue weighted by Gasteiger charge is -2.20. The first-order valence-electron chi connectivity index (χ1n) is 14.3. The van der Waals surface area contributed by atoms with E-state index in [4.69, 9.17) is 0 Å². The molecule has 0 fully saturated rings. The van der Waals surface area contributed by atoms with Crippen molar-refractivity contribution in [2.75, 3.05) is 0 Å². The summed E-state index contributed by atoms with van der Waals surface area (Å²) < 4.78 is 60.0. The fraction of sp³-hybridized carbons (Fsp3) is 0.371. The van der Waals surface area contributed by atoms with Gasteiger partial charge in [-0.2, -0.15) is 0 Å². The Bertz CT molecular complexity index is 1300. The summed E-state index contributed by atoms with van der Waals surface area (Å²) in [5.74, 6) is -3.06. The van der Waals surface area contributed by atoms with Gasteiger partial charge in [0.1, 0.15) is 0 Å². The summed E-state index contributed by atoms with van der Waals surface area (Å²) in [6, 6.07) is 12.9. The molecule has 0 aromatic heterocycles. The molecule has 0 aliphatic heterocycles. The maximum atomic E-state index is 15.1. The van der Waals surface area contributed by atoms with Crippen molar-refractivity contribution in [1.82, 2.24) is 0 Å². The molecule has 0 saturated carbocycles. The van der Waals surface area contributed by atoms with Gasteiger partial charge in [-0.15, -0.1) is 6.58 Å². The van der Waals surface area contributed by atoms with Gasteiger partial charge in [0.05, 0.1) is 0 Å². The number of rotatable bonds is 12. The predicted octanol–water partition coefficient (Wildman–Crippen LogP) is 11.2. The molecule has 0 heterocycles. The number of hydrogen-bond donors (Lipinski definition) is 0. The lowest BCUT2D eigenvalue weighted by molar-refractivity contribution is 0.497. The third-order valence-electron chi connectivity index (χ3n) is 7.93. The SMILES string of the molecule is C=CC1CC=C(c2ccc(-c3ccc(-c4ccc(CCCCCCCCC)c(F)c4F)cc3)c(F)c2F)CC1. The molecule has 0 saturated heterocycles. The predicted molar refractivity (Wildman–Crippen MR) is 154 cm³/mol. The quantitative estimate of drug-likeness (QED) is 0.123. The summed E-state index contributed by atoms with van der Waals surface area (Å²) in [6.45, 7) is 6.00. The number of unbranched alkanes of at least 4 members (excludes halogenated alkanes) is 6. The molecule has 0 spiro atoms. The first-order valence-corrected chi connectivity index (χ1v) is 14.3. The van der Waals surface area contributed by atoms with Gasteiger partial charge in [-0.25, -0.2) is 17.6 Å². The topological polar surface area (TPSA) is 0 Å². The highest BCUT2D eigenvalue weighted by molar-refractivity contribution is 5.74. The maximum absolute atomic E-state index is 15.1. The molecule has 206 valence electrons. The standard InChI is InChI=1S/C35H38F4/c1-3-5-6-7-8-9-10-11-28-20-21-29(33(37)32(28)36)26-16-18-27(19-17-26)31-23-22-30(34(38)35(31)39)25-14-12-24(4-2)13-15-25/h4,14,16-24H,2-3,5-13,15H2,1H3. The van der Waals surface area contributed by atoms with Crippen LogP contribution in [0.2, 0.25) is 0 Å². The first kappa shape index (κ1) is 28.9. The van der Waals surface area contributed by atoms with Gasteiger partial charge in [-0.1, -0.05) is 106 Å². The smallest absolute Gasteiger partial charge is 0.167 e. The van der Waals surface area contributed by atoms with Crippen LogP contribution in [0.1, 0.15) is 82.3 Å². The van der Waals surface area contributed by atoms with Crippen molar-refractivity contribution in [1.29, 1.82) is 0 Å². The van der Waals surface area contributed by atoms with E-state index in [1.807, 2.05) is 12.2 Å². The van der Waals surface area contributed by atoms with E-state index in [2.05, 4.69) is 13.5 Å². The summed E-state index contributed by atoms with van der Waals surface area (Å²) in [5, 5.41) is 0. The highest BCUT2D eigenvalue weighted by atomic mass is 19.2. The Kier molecular flexibility index (Phi) is 10.2. The molecule has 39 heavy (non-hydrogen) atoms. The summed E-state index contributed by atoms with van der Waals surface area (Å²) in [6.07, 6.45) is 14.6. The molecule has 1 unspecified atom stereocenters. The van der Waals surface area contributed by atoms with Crippen LogP contribution in [0.5, 0.6) is 0 Å². The molecule has 1 aliphatic carbocycles. The Morgan fingerprint density at radius 1 is 0.692 bits per heavy atom. The Hall–Kier alpha value is -3.14. The maximum Gasteiger partial charge on any atom is 0.167 e. The highest BCUT2D eigenvalue weighted by Crippen LogP contribution is 2.36. The van der Waals surface area contributed by atoms with E-state index in [9.17, 15) is 8.78 Å². The molecule has 0 N–H and O–H groups in total. The minimum Gasteiger partial charge on any atom is -0.203 e. The Labute approximate surface area is 230 Å². The lowest BCUT2D eigenvalue weighted by atomic mass is 9.86. The minimum atomic E-state index is -0.904. The van der Waals surface area contributed by atoms with Gasteiger partial charge in [0.2, 0.25) is 0 Å². The molecule has 4 heteroatoms. The monoisotopic (exact) mass is 534 g/mol. The van der Waals surface area contributed by atoms with Crippen molar-refractivity contribution in [3.05, 3.63) is 102 Å². The van der Waals surface area contributed by atoms with Crippen LogP contribution in [0.25, 0.3) is 27.8 Å². The second kappa shape index (κ2) is 13.8. The molecular formula is C35H38F4. The van der Waals surface area contributed by atoms with Crippen molar-refractivity contribution < 1.29 is 17.6 Å². The Balaban J connectivity index is 1.45. The average molecular weight is 535 g/mol. The van der Waals surface area contributed by atoms with Crippen molar-refractivity contribution in [2.45, 2.75) is 77.6 Å². The summed E-state index contributed by atoms with van der Waals surface area (Å²) in [7, 11) is 0. The fourth-order valence-electron chi connectivity index (χ4n) is 5.44. The van der Waals surface area contributed by atoms with Crippen molar-refractivity contribution in [2.24, 2.45) is 5.92 Å². The molecule has 3 aromatic carbocycles. The van der Waals surface area contributed by atoms with Crippen LogP contribution in [0.15, 0.2) is 67.3 Å². The third-order valence-corrected chi connectivity index (χ3v) is 7.93. The number of benzene rings is 3. The van der Waals surface area contributed by atoms with Gasteiger partial charge < -0.3 is 0 Å². The van der Waals surface area contributed by atoms with Crippen LogP contribution < -0.4 is 0 Å². The van der Waals surface area contributed by atoms with Gasteiger partial charge in [0.25, 0.3) is 0 Å². The number of hydrogen-bond acceptors (Lipinski definition) is 0. The largest absolute Gasteiger partial charge is 0.203 e. The normalized spacial score (nSPS) is 15.3. The van der Waals surface area contributed by atoms with Crippen LogP contribution in [0, 0.1) is 29.2 Å². The molecule has 4 rings (SSSR count). The Morgan fingerprint density at radius 3 is 1.82 bits per heavy atom. The summed E-state index contributed by atoms with van der Waals surface area (Å²) in [4.78, 5) is 0. The summed E-state index contributed by atoms with van der Waals surface area (Å²) in [5.41, 5.74) is 2.77. The second-order valence-corrected chi connectivity index (χ2v) is 10.6. The Morgan fingerprint density at radius 2 is 1.23 bits per heavy atom. The van der Waals surface area contributed by atoms with Crippen molar-refractivity contribution in [3.8, 4) is 22.3 Å². The van der Waals surface area contributed by atoms with Gasteiger partial charge in [-0.05, 0) is 60.3 Å². The molecule has 0 amide bonds. The van der Waals surface area contributed by atoms with Crippen LogP contribution in [-0.2, 0) is 6.42 Å². The molecule has 0 bridgehead atoms. The number of aryl methyl sites for hydroxylation is 1. The van der Waals surface area contributed by atoms with E-state index in [1.54, 1.807) is 48.5 Å². The van der Waals surface area contributed by atoms with Gasteiger partial charge in [0, 0.05) is 16.7 Å². The molecule has 1 aliphatic rings. The first-order chi connectivity index (χ1) is 18.9. The van der Waals surface area contributed by atoms with Gasteiger partial charge >= 0.3 is 0 Å². The molecule has 1 atom stereocenters. The van der Waals surface area contributed by atoms with Crippen LogP contribution >= 0.6 is 0 Å². The van der Waals surface area contributed by atoms with E-state index in [-0.39, 0.29) is 11.1 Å². The van der Waals surface area contributed by atoms with E-state index < -0.39 is 23.3 Å². The average Bonchev–Trinajstić information content (AvgIpc) is 2.96. The molecular weight excluding hydrogens is 496 g/mol. The van der Waals surface area contributed by atoms with Gasteiger partial charge in [0.15, 0.2) is 23.3 Å². The van der Waals surface area contributed by atoms with Crippen LogP contribution in [0.4, 0.5) is 17.6 Å². The zero-order valence-electron chi connectivity index (χ0n) is 22.8. The minimum absolute atomic E-state index is 0.139. The molecule has 0 radical (unpaired) electrons. The van der Waals surface area contributed by atoms with E-state index in [0.29, 0.717) is 41.0 Å². The zero-order chi connectivity index (χ0) is 27.8. The second-order valence-electron chi connectivity index (χ2n) is 10.6. The number of halogens is 4. The fourth-order valence-corrected chi connectivity index (χ4v) is 5.44. The van der Waals surface area contributed by atoms with Gasteiger partial charge in [-0.3, -0.25) is 0 Å². The van der Waals surface area contributed by atoms with E-state index >= 15 is 8.78 Å². The summed E-state index contributed by atoms with van der Waals surface area (Å²) >= 11 is 0. The lowest BCUT2D eigenvalue weighted by Crippen LogP contribution is -2.04. The van der Waals surface area contributed by atoms with Crippen molar-refractivity contribution in [3.63, 3.8) is 0 Å². The molecule has 3 aromatic rings. The van der Waals surface area contributed by atoms with Crippen LogP contribution in [0.3, 0.4) is 0 Å². The number of allylic oxidation sites excluding steroid dienone is 3. The zero-order valence-corrected chi connectivity index (χ0v) is 22.8. The third kappa shape index (κ3) is 6.90. The highest BCUT2D eigenvalue weighted by Gasteiger charge is 2.21. The van der Waals surface area contributed by atoms with Crippen molar-refractivity contribution >= 4 is 5.57 Å². The van der Waals surface area contributed by atoms with E-state index in [0.717, 1.165) is 37.7 Å². The van der Waals surface area contributed by atoms with E-state index in [1.165, 1.54) is 25.7 Å². The molecule has 0 nitrogen and oxygen atoms in total.